The van der Waals surface area contributed by atoms with Crippen LogP contribution in [0.4, 0.5) is 5.82 Å². The van der Waals surface area contributed by atoms with Crippen LogP contribution >= 0.6 is 0 Å². The molecular weight excluding hydrogens is 246 g/mol. The van der Waals surface area contributed by atoms with Gasteiger partial charge in [0.05, 0.1) is 5.69 Å². The summed E-state index contributed by atoms with van der Waals surface area (Å²) in [6.07, 6.45) is 2.61. The van der Waals surface area contributed by atoms with E-state index in [1.165, 1.54) is 12.8 Å². The number of hydrogen-bond donors (Lipinski definition) is 1. The molecule has 1 N–H and O–H groups in total. The zero-order chi connectivity index (χ0) is 14.8. The average Bonchev–Trinajstić information content (AvgIpc) is 2.39. The summed E-state index contributed by atoms with van der Waals surface area (Å²) in [5.41, 5.74) is 1.26. The van der Waals surface area contributed by atoms with E-state index in [0.29, 0.717) is 6.04 Å². The van der Waals surface area contributed by atoms with Gasteiger partial charge in [-0.25, -0.2) is 4.98 Å². The molecule has 0 amide bonds. The highest BCUT2D eigenvalue weighted by molar-refractivity contribution is 5.41. The quantitative estimate of drug-likeness (QED) is 0.913. The maximum atomic E-state index is 4.85. The van der Waals surface area contributed by atoms with Gasteiger partial charge < -0.3 is 10.2 Å². The number of pyridine rings is 1. The Morgan fingerprint density at radius 2 is 2.00 bits per heavy atom. The molecule has 3 nitrogen and oxygen atoms in total. The van der Waals surface area contributed by atoms with Crippen LogP contribution in [0.1, 0.15) is 53.2 Å². The third-order valence-electron chi connectivity index (χ3n) is 4.00. The van der Waals surface area contributed by atoms with Crippen LogP contribution < -0.4 is 10.2 Å². The van der Waals surface area contributed by atoms with Crippen LogP contribution in [-0.2, 0) is 6.54 Å². The molecule has 1 aliphatic heterocycles. The van der Waals surface area contributed by atoms with E-state index >= 15 is 0 Å². The molecule has 1 aromatic rings. The molecule has 0 aromatic carbocycles. The zero-order valence-corrected chi connectivity index (χ0v) is 13.6. The van der Waals surface area contributed by atoms with E-state index in [9.17, 15) is 0 Å². The third-order valence-corrected chi connectivity index (χ3v) is 4.00. The van der Waals surface area contributed by atoms with Gasteiger partial charge in [-0.2, -0.15) is 0 Å². The smallest absolute Gasteiger partial charge is 0.129 e. The van der Waals surface area contributed by atoms with Gasteiger partial charge in [0.15, 0.2) is 0 Å². The highest BCUT2D eigenvalue weighted by Crippen LogP contribution is 2.26. The van der Waals surface area contributed by atoms with Crippen molar-refractivity contribution in [3.63, 3.8) is 0 Å². The van der Waals surface area contributed by atoms with Crippen molar-refractivity contribution in [3.8, 4) is 0 Å². The molecule has 112 valence electrons. The van der Waals surface area contributed by atoms with Gasteiger partial charge in [0.2, 0.25) is 0 Å². The van der Waals surface area contributed by atoms with Crippen LogP contribution in [0.3, 0.4) is 0 Å². The molecule has 2 rings (SSSR count). The molecule has 0 spiro atoms. The van der Waals surface area contributed by atoms with Crippen molar-refractivity contribution >= 4 is 5.82 Å². The summed E-state index contributed by atoms with van der Waals surface area (Å²) in [6, 6.07) is 6.99. The lowest BCUT2D eigenvalue weighted by Gasteiger charge is -2.37. The minimum atomic E-state index is 0.130. The molecule has 0 radical (unpaired) electrons. The Balaban J connectivity index is 2.08. The van der Waals surface area contributed by atoms with Crippen molar-refractivity contribution in [3.05, 3.63) is 23.9 Å². The molecule has 0 bridgehead atoms. The van der Waals surface area contributed by atoms with E-state index in [-0.39, 0.29) is 5.54 Å². The highest BCUT2D eigenvalue weighted by atomic mass is 15.2. The largest absolute Gasteiger partial charge is 0.354 e. The van der Waals surface area contributed by atoms with Crippen LogP contribution in [0.25, 0.3) is 0 Å². The van der Waals surface area contributed by atoms with Crippen molar-refractivity contribution in [2.75, 3.05) is 11.4 Å². The molecule has 0 aliphatic carbocycles. The van der Waals surface area contributed by atoms with Gasteiger partial charge in [-0.3, -0.25) is 0 Å². The van der Waals surface area contributed by atoms with E-state index in [1.54, 1.807) is 0 Å². The molecule has 2 unspecified atom stereocenters. The van der Waals surface area contributed by atoms with Gasteiger partial charge in [0.25, 0.3) is 0 Å². The second-order valence-corrected chi connectivity index (χ2v) is 7.27. The van der Waals surface area contributed by atoms with Crippen LogP contribution in [0, 0.1) is 5.92 Å². The summed E-state index contributed by atoms with van der Waals surface area (Å²) in [4.78, 5) is 7.31. The molecule has 3 heteroatoms. The summed E-state index contributed by atoms with van der Waals surface area (Å²) in [7, 11) is 0. The first kappa shape index (κ1) is 15.3. The monoisotopic (exact) mass is 275 g/mol. The van der Waals surface area contributed by atoms with Crippen LogP contribution in [0.2, 0.25) is 0 Å². The Kier molecular flexibility index (Phi) is 4.69. The fourth-order valence-electron chi connectivity index (χ4n) is 2.69. The van der Waals surface area contributed by atoms with E-state index in [4.69, 9.17) is 4.98 Å². The standard InChI is InChI=1S/C17H29N3/c1-13-9-10-14(2)20(12-13)16-8-6-7-15(19-16)11-18-17(3,4)5/h6-8,13-14,18H,9-12H2,1-5H3. The predicted molar refractivity (Wildman–Crippen MR) is 86.0 cm³/mol. The summed E-state index contributed by atoms with van der Waals surface area (Å²) < 4.78 is 0. The fourth-order valence-corrected chi connectivity index (χ4v) is 2.69. The Labute approximate surface area is 123 Å². The SMILES string of the molecule is CC1CCC(C)N(c2cccc(CNC(C)(C)C)n2)C1. The van der Waals surface area contributed by atoms with Gasteiger partial charge in [0.1, 0.15) is 5.82 Å². The van der Waals surface area contributed by atoms with Gasteiger partial charge in [-0.05, 0) is 58.6 Å². The number of nitrogens with zero attached hydrogens (tertiary/aromatic N) is 2. The molecule has 2 atom stereocenters. The first-order valence-corrected chi connectivity index (χ1v) is 7.83. The lowest BCUT2D eigenvalue weighted by Crippen LogP contribution is -2.41. The van der Waals surface area contributed by atoms with Crippen LogP contribution in [0.5, 0.6) is 0 Å². The number of aromatic nitrogens is 1. The van der Waals surface area contributed by atoms with Crippen molar-refractivity contribution in [2.45, 2.75) is 65.6 Å². The molecule has 0 saturated carbocycles. The maximum Gasteiger partial charge on any atom is 0.129 e. The summed E-state index contributed by atoms with van der Waals surface area (Å²) in [5.74, 6) is 1.90. The average molecular weight is 275 g/mol. The summed E-state index contributed by atoms with van der Waals surface area (Å²) in [6.45, 7) is 13.2. The first-order valence-electron chi connectivity index (χ1n) is 7.83. The van der Waals surface area contributed by atoms with Crippen molar-refractivity contribution < 1.29 is 0 Å². The minimum absolute atomic E-state index is 0.130. The van der Waals surface area contributed by atoms with Gasteiger partial charge in [0, 0.05) is 24.7 Å². The van der Waals surface area contributed by atoms with Crippen molar-refractivity contribution in [2.24, 2.45) is 5.92 Å². The normalized spacial score (nSPS) is 23.9. The Morgan fingerprint density at radius 1 is 1.25 bits per heavy atom. The second kappa shape index (κ2) is 6.13. The topological polar surface area (TPSA) is 28.2 Å². The minimum Gasteiger partial charge on any atom is -0.354 e. The van der Waals surface area contributed by atoms with Crippen LogP contribution in [0.15, 0.2) is 18.2 Å². The van der Waals surface area contributed by atoms with Gasteiger partial charge in [-0.15, -0.1) is 0 Å². The Hall–Kier alpha value is -1.09. The van der Waals surface area contributed by atoms with Crippen molar-refractivity contribution in [1.29, 1.82) is 0 Å². The van der Waals surface area contributed by atoms with E-state index < -0.39 is 0 Å². The number of rotatable bonds is 3. The summed E-state index contributed by atoms with van der Waals surface area (Å²) in [5, 5.41) is 3.51. The number of nitrogens with one attached hydrogen (secondary N) is 1. The van der Waals surface area contributed by atoms with E-state index in [0.717, 1.165) is 30.5 Å². The highest BCUT2D eigenvalue weighted by Gasteiger charge is 2.24. The lowest BCUT2D eigenvalue weighted by molar-refractivity contribution is 0.387. The number of hydrogen-bond acceptors (Lipinski definition) is 3. The zero-order valence-electron chi connectivity index (χ0n) is 13.6. The molecular formula is C17H29N3. The van der Waals surface area contributed by atoms with Gasteiger partial charge >= 0.3 is 0 Å². The lowest BCUT2D eigenvalue weighted by atomic mass is 9.95. The number of piperidine rings is 1. The number of anilines is 1. The molecule has 1 aromatic heterocycles. The van der Waals surface area contributed by atoms with E-state index in [1.807, 2.05) is 0 Å². The van der Waals surface area contributed by atoms with Gasteiger partial charge in [-0.1, -0.05) is 13.0 Å². The maximum absolute atomic E-state index is 4.85. The first-order chi connectivity index (χ1) is 9.35. The molecule has 1 fully saturated rings. The molecule has 2 heterocycles. The second-order valence-electron chi connectivity index (χ2n) is 7.27. The van der Waals surface area contributed by atoms with Crippen LogP contribution in [-0.4, -0.2) is 23.1 Å². The Bertz CT molecular complexity index is 436. The fraction of sp³-hybridized carbons (Fsp3) is 0.706. The summed E-state index contributed by atoms with van der Waals surface area (Å²) >= 11 is 0. The van der Waals surface area contributed by atoms with E-state index in [2.05, 4.69) is 63.0 Å². The molecule has 20 heavy (non-hydrogen) atoms. The van der Waals surface area contributed by atoms with Crippen molar-refractivity contribution in [1.82, 2.24) is 10.3 Å². The molecule has 1 aliphatic rings. The molecule has 1 saturated heterocycles. The Morgan fingerprint density at radius 3 is 2.70 bits per heavy atom. The predicted octanol–water partition coefficient (Wildman–Crippen LogP) is 3.59. The third kappa shape index (κ3) is 4.20.